The second-order valence-electron chi connectivity index (χ2n) is 4.12. The van der Waals surface area contributed by atoms with Crippen molar-refractivity contribution < 1.29 is 4.79 Å². The first-order valence-electron chi connectivity index (χ1n) is 5.66. The van der Waals surface area contributed by atoms with Crippen molar-refractivity contribution in [2.24, 2.45) is 0 Å². The van der Waals surface area contributed by atoms with E-state index < -0.39 is 0 Å². The molecule has 3 nitrogen and oxygen atoms in total. The van der Waals surface area contributed by atoms with E-state index in [9.17, 15) is 4.79 Å². The summed E-state index contributed by atoms with van der Waals surface area (Å²) in [5.41, 5.74) is 2.66. The second-order valence-corrected chi connectivity index (χ2v) is 5.28. The zero-order valence-corrected chi connectivity index (χ0v) is 11.6. The summed E-state index contributed by atoms with van der Waals surface area (Å²) < 4.78 is 1.13. The van der Waals surface area contributed by atoms with E-state index >= 15 is 0 Å². The lowest BCUT2D eigenvalue weighted by molar-refractivity contribution is 0.0979. The number of hydrogen-bond acceptors (Lipinski definition) is 2. The molecule has 2 aromatic rings. The predicted molar refractivity (Wildman–Crippen MR) is 82.1 cm³/mol. The lowest BCUT2D eigenvalue weighted by Crippen LogP contribution is -2.57. The highest BCUT2D eigenvalue weighted by atomic mass is 127. The van der Waals surface area contributed by atoms with Crippen LogP contribution in [0.25, 0.3) is 0 Å². The van der Waals surface area contributed by atoms with E-state index in [1.54, 1.807) is 0 Å². The van der Waals surface area contributed by atoms with Gasteiger partial charge in [0.15, 0.2) is 0 Å². The van der Waals surface area contributed by atoms with E-state index in [0.29, 0.717) is 5.56 Å². The van der Waals surface area contributed by atoms with Crippen molar-refractivity contribution in [3.05, 3.63) is 57.7 Å². The van der Waals surface area contributed by atoms with Crippen LogP contribution in [0.4, 0.5) is 5.69 Å². The molecule has 88 valence electrons. The van der Waals surface area contributed by atoms with Gasteiger partial charge in [0.25, 0.3) is 0 Å². The number of anilines is 1. The maximum Gasteiger partial charge on any atom is 0.409 e. The molecule has 3 rings (SSSR count). The molecule has 2 aromatic carbocycles. The molecule has 0 aliphatic carbocycles. The number of hydrogen-bond donors (Lipinski definition) is 2. The van der Waals surface area contributed by atoms with Gasteiger partial charge in [-0.05, 0) is 46.3 Å². The first-order valence-corrected chi connectivity index (χ1v) is 6.74. The van der Waals surface area contributed by atoms with E-state index in [1.165, 1.54) is 0 Å². The lowest BCUT2D eigenvalue weighted by atomic mass is 9.66. The van der Waals surface area contributed by atoms with E-state index in [2.05, 4.69) is 33.0 Å². The van der Waals surface area contributed by atoms with Crippen LogP contribution in [0.2, 0.25) is 0 Å². The summed E-state index contributed by atoms with van der Waals surface area (Å²) in [5, 5.41) is 6.32. The average Bonchev–Trinajstić information content (AvgIpc) is 2.39. The van der Waals surface area contributed by atoms with Crippen LogP contribution in [-0.2, 0) is 0 Å². The van der Waals surface area contributed by atoms with Crippen molar-refractivity contribution in [2.45, 2.75) is 0 Å². The van der Waals surface area contributed by atoms with Crippen molar-refractivity contribution in [1.82, 2.24) is 5.23 Å². The quantitative estimate of drug-likeness (QED) is 0.610. The SMILES string of the molecule is O=C1NB(c2ccccc2I)Nc2ccccc21. The zero-order valence-electron chi connectivity index (χ0n) is 9.48. The molecule has 5 heteroatoms. The minimum absolute atomic E-state index is 0.0333. The fraction of sp³-hybridized carbons (Fsp3) is 0. The Labute approximate surface area is 119 Å². The number of carbonyl (C=O) groups excluding carboxylic acids is 1. The molecule has 1 aliphatic rings. The maximum absolute atomic E-state index is 12.0. The molecular weight excluding hydrogens is 338 g/mol. The number of para-hydroxylation sites is 1. The highest BCUT2D eigenvalue weighted by Crippen LogP contribution is 2.18. The Morgan fingerprint density at radius 3 is 2.50 bits per heavy atom. The van der Waals surface area contributed by atoms with Gasteiger partial charge in [-0.2, -0.15) is 0 Å². The molecule has 0 unspecified atom stereocenters. The summed E-state index contributed by atoms with van der Waals surface area (Å²) in [7, 11) is 0. The smallest absolute Gasteiger partial charge is 0.405 e. The zero-order chi connectivity index (χ0) is 12.5. The number of rotatable bonds is 1. The molecule has 1 heterocycles. The van der Waals surface area contributed by atoms with Crippen molar-refractivity contribution in [2.75, 3.05) is 5.23 Å². The van der Waals surface area contributed by atoms with E-state index in [-0.39, 0.29) is 12.9 Å². The van der Waals surface area contributed by atoms with Gasteiger partial charge >= 0.3 is 6.98 Å². The minimum atomic E-state index is -0.166. The Balaban J connectivity index is 2.00. The molecule has 0 atom stereocenters. The maximum atomic E-state index is 12.0. The minimum Gasteiger partial charge on any atom is -0.405 e. The first-order chi connectivity index (χ1) is 8.75. The molecule has 0 saturated heterocycles. The summed E-state index contributed by atoms with van der Waals surface area (Å²) >= 11 is 2.28. The van der Waals surface area contributed by atoms with Crippen LogP contribution >= 0.6 is 22.6 Å². The molecule has 0 spiro atoms. The molecule has 0 bridgehead atoms. The van der Waals surface area contributed by atoms with Gasteiger partial charge in [0.1, 0.15) is 0 Å². The molecule has 2 N–H and O–H groups in total. The van der Waals surface area contributed by atoms with Gasteiger partial charge in [0.05, 0.1) is 5.56 Å². The summed E-state index contributed by atoms with van der Waals surface area (Å²) in [6.45, 7) is -0.166. The Bertz CT molecular complexity index is 617. The Hall–Kier alpha value is -1.50. The molecule has 0 fully saturated rings. The van der Waals surface area contributed by atoms with Gasteiger partial charge < -0.3 is 10.5 Å². The summed E-state index contributed by atoms with van der Waals surface area (Å²) in [4.78, 5) is 12.0. The Morgan fingerprint density at radius 2 is 1.67 bits per heavy atom. The molecule has 1 aliphatic heterocycles. The highest BCUT2D eigenvalue weighted by molar-refractivity contribution is 14.1. The Kier molecular flexibility index (Phi) is 2.99. The third-order valence-corrected chi connectivity index (χ3v) is 3.95. The molecule has 0 radical (unpaired) electrons. The van der Waals surface area contributed by atoms with Crippen molar-refractivity contribution in [1.29, 1.82) is 0 Å². The number of nitrogens with one attached hydrogen (secondary N) is 2. The van der Waals surface area contributed by atoms with E-state index in [0.717, 1.165) is 14.7 Å². The van der Waals surface area contributed by atoms with Crippen LogP contribution in [0, 0.1) is 3.57 Å². The predicted octanol–water partition coefficient (Wildman–Crippen LogP) is 1.84. The monoisotopic (exact) mass is 348 g/mol. The molecule has 1 amide bonds. The van der Waals surface area contributed by atoms with Crippen LogP contribution in [0.15, 0.2) is 48.5 Å². The largest absolute Gasteiger partial charge is 0.409 e. The van der Waals surface area contributed by atoms with Gasteiger partial charge in [-0.25, -0.2) is 0 Å². The third-order valence-electron chi connectivity index (χ3n) is 2.96. The van der Waals surface area contributed by atoms with Crippen molar-refractivity contribution >= 4 is 46.6 Å². The van der Waals surface area contributed by atoms with E-state index in [4.69, 9.17) is 0 Å². The second kappa shape index (κ2) is 4.64. The van der Waals surface area contributed by atoms with Crippen LogP contribution in [-0.4, -0.2) is 12.9 Å². The fourth-order valence-corrected chi connectivity index (χ4v) is 2.77. The van der Waals surface area contributed by atoms with Gasteiger partial charge in [-0.15, -0.1) is 0 Å². The van der Waals surface area contributed by atoms with Gasteiger partial charge in [0.2, 0.25) is 5.91 Å². The van der Waals surface area contributed by atoms with Crippen molar-refractivity contribution in [3.63, 3.8) is 0 Å². The summed E-state index contributed by atoms with van der Waals surface area (Å²) in [5.74, 6) is -0.0333. The van der Waals surface area contributed by atoms with Crippen LogP contribution < -0.4 is 15.9 Å². The van der Waals surface area contributed by atoms with Crippen LogP contribution in [0.1, 0.15) is 10.4 Å². The Morgan fingerprint density at radius 1 is 0.944 bits per heavy atom. The van der Waals surface area contributed by atoms with Gasteiger partial charge in [0, 0.05) is 9.26 Å². The summed E-state index contributed by atoms with van der Waals surface area (Å²) in [6, 6.07) is 15.6. The van der Waals surface area contributed by atoms with Gasteiger partial charge in [-0.1, -0.05) is 30.3 Å². The summed E-state index contributed by atoms with van der Waals surface area (Å²) in [6.07, 6.45) is 0. The number of halogens is 1. The molecular formula is C13H10BIN2O. The van der Waals surface area contributed by atoms with Crippen LogP contribution in [0.5, 0.6) is 0 Å². The topological polar surface area (TPSA) is 41.1 Å². The molecule has 0 aromatic heterocycles. The van der Waals surface area contributed by atoms with Crippen LogP contribution in [0.3, 0.4) is 0 Å². The van der Waals surface area contributed by atoms with E-state index in [1.807, 2.05) is 48.5 Å². The third kappa shape index (κ3) is 1.99. The normalized spacial score (nSPS) is 13.6. The standard InChI is InChI=1S/C13H10BIN2O/c15-11-7-3-2-6-10(11)14-16-12-8-4-1-5-9(12)13(18)17-14/h1-8,16H,(H,17,18). The number of benzene rings is 2. The van der Waals surface area contributed by atoms with Gasteiger partial charge in [-0.3, -0.25) is 4.79 Å². The fourth-order valence-electron chi connectivity index (χ4n) is 2.07. The number of amides is 1. The van der Waals surface area contributed by atoms with Crippen molar-refractivity contribution in [3.8, 4) is 0 Å². The first kappa shape index (κ1) is 11.6. The number of carbonyl (C=O) groups is 1. The molecule has 18 heavy (non-hydrogen) atoms. The molecule has 0 saturated carbocycles. The number of fused-ring (bicyclic) bond motifs is 1. The lowest BCUT2D eigenvalue weighted by Gasteiger charge is -2.25. The average molecular weight is 348 g/mol. The highest BCUT2D eigenvalue weighted by Gasteiger charge is 2.29.